The Morgan fingerprint density at radius 3 is 2.53 bits per heavy atom. The van der Waals surface area contributed by atoms with E-state index in [0.717, 1.165) is 18.4 Å². The topological polar surface area (TPSA) is 29.4 Å². The summed E-state index contributed by atoms with van der Waals surface area (Å²) < 4.78 is 0. The van der Waals surface area contributed by atoms with Gasteiger partial charge in [0.15, 0.2) is 0 Å². The maximum atomic E-state index is 10.5. The normalized spacial score (nSPS) is 17.8. The van der Waals surface area contributed by atoms with Gasteiger partial charge in [0.25, 0.3) is 0 Å². The van der Waals surface area contributed by atoms with Crippen LogP contribution in [0.3, 0.4) is 0 Å². The SMILES string of the molecule is O=C=NC(c1ccc(Cl)c(Cl)c1)C1CCCC1. The highest BCUT2D eigenvalue weighted by atomic mass is 35.5. The van der Waals surface area contributed by atoms with E-state index in [1.54, 1.807) is 18.2 Å². The summed E-state index contributed by atoms with van der Waals surface area (Å²) in [4.78, 5) is 14.5. The lowest BCUT2D eigenvalue weighted by atomic mass is 9.92. The summed E-state index contributed by atoms with van der Waals surface area (Å²) in [5, 5.41) is 1.03. The van der Waals surface area contributed by atoms with Gasteiger partial charge in [-0.3, -0.25) is 0 Å². The number of isocyanates is 1. The van der Waals surface area contributed by atoms with E-state index in [1.807, 2.05) is 6.07 Å². The molecule has 1 aromatic carbocycles. The second-order valence-corrected chi connectivity index (χ2v) is 5.20. The van der Waals surface area contributed by atoms with Gasteiger partial charge in [0.2, 0.25) is 6.08 Å². The molecule has 0 heterocycles. The van der Waals surface area contributed by atoms with Crippen molar-refractivity contribution in [3.63, 3.8) is 0 Å². The predicted molar refractivity (Wildman–Crippen MR) is 69.3 cm³/mol. The smallest absolute Gasteiger partial charge is 0.211 e. The van der Waals surface area contributed by atoms with Gasteiger partial charge in [-0.05, 0) is 36.5 Å². The molecule has 0 spiro atoms. The summed E-state index contributed by atoms with van der Waals surface area (Å²) in [6.07, 6.45) is 6.30. The molecule has 1 aliphatic rings. The highest BCUT2D eigenvalue weighted by Crippen LogP contribution is 2.39. The van der Waals surface area contributed by atoms with Crippen molar-refractivity contribution in [2.24, 2.45) is 10.9 Å². The van der Waals surface area contributed by atoms with Crippen LogP contribution in [-0.2, 0) is 4.79 Å². The molecule has 2 nitrogen and oxygen atoms in total. The van der Waals surface area contributed by atoms with Crippen LogP contribution in [0.15, 0.2) is 23.2 Å². The van der Waals surface area contributed by atoms with Gasteiger partial charge in [0, 0.05) is 0 Å². The van der Waals surface area contributed by atoms with Crippen LogP contribution in [0.25, 0.3) is 0 Å². The third-order valence-electron chi connectivity index (χ3n) is 3.32. The Hall–Kier alpha value is -0.820. The molecule has 4 heteroatoms. The van der Waals surface area contributed by atoms with Gasteiger partial charge in [-0.15, -0.1) is 0 Å². The van der Waals surface area contributed by atoms with Crippen molar-refractivity contribution in [2.75, 3.05) is 0 Å². The number of benzene rings is 1. The van der Waals surface area contributed by atoms with E-state index in [4.69, 9.17) is 23.2 Å². The molecule has 1 aliphatic carbocycles. The zero-order valence-electron chi connectivity index (χ0n) is 9.33. The standard InChI is InChI=1S/C13H13Cl2NO/c14-11-6-5-10(7-12(11)15)13(16-8-17)9-3-1-2-4-9/h5-7,9,13H,1-4H2. The Labute approximate surface area is 111 Å². The average Bonchev–Trinajstić information content (AvgIpc) is 2.83. The third kappa shape index (κ3) is 2.90. The summed E-state index contributed by atoms with van der Waals surface area (Å²) >= 11 is 11.9. The molecule has 0 radical (unpaired) electrons. The molecule has 1 atom stereocenters. The fraction of sp³-hybridized carbons (Fsp3) is 0.462. The molecule has 17 heavy (non-hydrogen) atoms. The largest absolute Gasteiger partial charge is 0.235 e. The number of hydrogen-bond acceptors (Lipinski definition) is 2. The maximum absolute atomic E-state index is 10.5. The molecule has 0 amide bonds. The molecule has 1 saturated carbocycles. The number of rotatable bonds is 3. The average molecular weight is 270 g/mol. The van der Waals surface area contributed by atoms with Crippen molar-refractivity contribution in [2.45, 2.75) is 31.7 Å². The zero-order chi connectivity index (χ0) is 12.3. The highest BCUT2D eigenvalue weighted by molar-refractivity contribution is 6.42. The molecule has 0 aliphatic heterocycles. The minimum atomic E-state index is -0.121. The van der Waals surface area contributed by atoms with Gasteiger partial charge in [-0.25, -0.2) is 4.79 Å². The minimum absolute atomic E-state index is 0.121. The molecule has 1 fully saturated rings. The zero-order valence-corrected chi connectivity index (χ0v) is 10.8. The fourth-order valence-electron chi connectivity index (χ4n) is 2.48. The van der Waals surface area contributed by atoms with Crippen molar-refractivity contribution in [3.8, 4) is 0 Å². The number of hydrogen-bond donors (Lipinski definition) is 0. The lowest BCUT2D eigenvalue weighted by Crippen LogP contribution is -2.07. The van der Waals surface area contributed by atoms with Gasteiger partial charge in [-0.1, -0.05) is 42.1 Å². The Morgan fingerprint density at radius 2 is 1.94 bits per heavy atom. The third-order valence-corrected chi connectivity index (χ3v) is 4.06. The summed E-state index contributed by atoms with van der Waals surface area (Å²) in [5.41, 5.74) is 0.953. The second kappa shape index (κ2) is 5.68. The summed E-state index contributed by atoms with van der Waals surface area (Å²) in [7, 11) is 0. The van der Waals surface area contributed by atoms with Crippen LogP contribution in [0.5, 0.6) is 0 Å². The molecule has 1 unspecified atom stereocenters. The number of nitrogens with zero attached hydrogens (tertiary/aromatic N) is 1. The van der Waals surface area contributed by atoms with E-state index < -0.39 is 0 Å². The molecule has 0 N–H and O–H groups in total. The molecule has 2 rings (SSSR count). The first-order chi connectivity index (χ1) is 8.22. The van der Waals surface area contributed by atoms with E-state index >= 15 is 0 Å². The summed E-state index contributed by atoms with van der Waals surface area (Å²) in [6.45, 7) is 0. The second-order valence-electron chi connectivity index (χ2n) is 4.38. The minimum Gasteiger partial charge on any atom is -0.211 e. The van der Waals surface area contributed by atoms with Gasteiger partial charge in [0.1, 0.15) is 0 Å². The maximum Gasteiger partial charge on any atom is 0.235 e. The van der Waals surface area contributed by atoms with Crippen molar-refractivity contribution in [1.82, 2.24) is 0 Å². The lowest BCUT2D eigenvalue weighted by molar-refractivity contribution is 0.442. The Balaban J connectivity index is 2.31. The number of aliphatic imine (C=N–C) groups is 1. The van der Waals surface area contributed by atoms with Gasteiger partial charge < -0.3 is 0 Å². The van der Waals surface area contributed by atoms with Crippen LogP contribution in [0, 0.1) is 5.92 Å². The van der Waals surface area contributed by atoms with E-state index in [0.29, 0.717) is 16.0 Å². The Bertz CT molecular complexity index is 449. The van der Waals surface area contributed by atoms with Crippen LogP contribution in [0.1, 0.15) is 37.3 Å². The van der Waals surface area contributed by atoms with E-state index in [9.17, 15) is 4.79 Å². The molecule has 0 saturated heterocycles. The first kappa shape index (κ1) is 12.6. The lowest BCUT2D eigenvalue weighted by Gasteiger charge is -2.18. The molecule has 0 aromatic heterocycles. The van der Waals surface area contributed by atoms with Gasteiger partial charge in [0.05, 0.1) is 16.1 Å². The van der Waals surface area contributed by atoms with Crippen LogP contribution >= 0.6 is 23.2 Å². The van der Waals surface area contributed by atoms with E-state index in [2.05, 4.69) is 4.99 Å². The summed E-state index contributed by atoms with van der Waals surface area (Å²) in [5.74, 6) is 0.425. The van der Waals surface area contributed by atoms with Crippen LogP contribution in [0.4, 0.5) is 0 Å². The van der Waals surface area contributed by atoms with Crippen LogP contribution < -0.4 is 0 Å². The van der Waals surface area contributed by atoms with Crippen molar-refractivity contribution in [1.29, 1.82) is 0 Å². The predicted octanol–water partition coefficient (Wildman–Crippen LogP) is 4.56. The molecular formula is C13H13Cl2NO. The Morgan fingerprint density at radius 1 is 1.24 bits per heavy atom. The quantitative estimate of drug-likeness (QED) is 0.584. The van der Waals surface area contributed by atoms with Crippen LogP contribution in [-0.4, -0.2) is 6.08 Å². The fourth-order valence-corrected chi connectivity index (χ4v) is 2.78. The summed E-state index contributed by atoms with van der Waals surface area (Å²) in [6, 6.07) is 5.32. The number of halogens is 2. The number of carbonyl (C=O) groups excluding carboxylic acids is 1. The molecule has 0 bridgehead atoms. The van der Waals surface area contributed by atoms with E-state index in [1.165, 1.54) is 12.8 Å². The Kier molecular flexibility index (Phi) is 4.22. The first-order valence-corrected chi connectivity index (χ1v) is 6.50. The first-order valence-electron chi connectivity index (χ1n) is 5.74. The molecule has 1 aromatic rings. The van der Waals surface area contributed by atoms with Crippen molar-refractivity contribution >= 4 is 29.3 Å². The molecular weight excluding hydrogens is 257 g/mol. The van der Waals surface area contributed by atoms with Gasteiger partial charge in [-0.2, -0.15) is 4.99 Å². The van der Waals surface area contributed by atoms with Gasteiger partial charge >= 0.3 is 0 Å². The van der Waals surface area contributed by atoms with Crippen molar-refractivity contribution in [3.05, 3.63) is 33.8 Å². The van der Waals surface area contributed by atoms with E-state index in [-0.39, 0.29) is 6.04 Å². The molecule has 90 valence electrons. The van der Waals surface area contributed by atoms with Crippen molar-refractivity contribution < 1.29 is 4.79 Å². The highest BCUT2D eigenvalue weighted by Gasteiger charge is 2.26. The van der Waals surface area contributed by atoms with Crippen LogP contribution in [0.2, 0.25) is 10.0 Å². The monoisotopic (exact) mass is 269 g/mol.